The van der Waals surface area contributed by atoms with Crippen LogP contribution in [0.25, 0.3) is 11.1 Å². The number of rotatable bonds is 6. The highest BCUT2D eigenvalue weighted by molar-refractivity contribution is 6.31. The van der Waals surface area contributed by atoms with E-state index in [-0.39, 0.29) is 17.7 Å². The zero-order valence-electron chi connectivity index (χ0n) is 17.7. The minimum absolute atomic E-state index is 0.0161. The maximum Gasteiger partial charge on any atom is 0.223 e. The zero-order valence-corrected chi connectivity index (χ0v) is 19.2. The van der Waals surface area contributed by atoms with E-state index in [0.29, 0.717) is 22.1 Å². The van der Waals surface area contributed by atoms with Crippen LogP contribution in [0.1, 0.15) is 25.3 Å². The summed E-state index contributed by atoms with van der Waals surface area (Å²) in [6.07, 6.45) is 0.625. The van der Waals surface area contributed by atoms with Crippen LogP contribution >= 0.6 is 23.2 Å². The van der Waals surface area contributed by atoms with Gasteiger partial charge in [0.25, 0.3) is 0 Å². The molecule has 0 aliphatic carbocycles. The molecule has 2 amide bonds. The van der Waals surface area contributed by atoms with Crippen molar-refractivity contribution in [3.8, 4) is 11.1 Å². The highest BCUT2D eigenvalue weighted by Crippen LogP contribution is 2.31. The third-order valence-corrected chi connectivity index (χ3v) is 5.54. The molecule has 0 heterocycles. The largest absolute Gasteiger partial charge is 0.359 e. The summed E-state index contributed by atoms with van der Waals surface area (Å²) in [5.41, 5.74) is 3.68. The van der Waals surface area contributed by atoms with Crippen molar-refractivity contribution in [2.45, 2.75) is 19.8 Å². The molecule has 2 N–H and O–H groups in total. The number of amides is 2. The zero-order chi connectivity index (χ0) is 22.8. The van der Waals surface area contributed by atoms with E-state index < -0.39 is 0 Å². The lowest BCUT2D eigenvalue weighted by Gasteiger charge is -2.18. The Balaban J connectivity index is 0.000000225. The van der Waals surface area contributed by atoms with Crippen LogP contribution in [0, 0.1) is 5.92 Å². The van der Waals surface area contributed by atoms with Gasteiger partial charge in [-0.2, -0.15) is 0 Å². The molecule has 31 heavy (non-hydrogen) atoms. The van der Waals surface area contributed by atoms with Crippen molar-refractivity contribution in [2.24, 2.45) is 5.92 Å². The monoisotopic (exact) mass is 456 g/mol. The molecular weight excluding hydrogens is 431 g/mol. The van der Waals surface area contributed by atoms with Crippen molar-refractivity contribution in [1.29, 1.82) is 0 Å². The van der Waals surface area contributed by atoms with Crippen LogP contribution in [0.5, 0.6) is 0 Å². The molecule has 0 aliphatic rings. The molecule has 3 rings (SSSR count). The number of nitrogens with one attached hydrogen (secondary N) is 2. The first kappa shape index (κ1) is 24.4. The predicted molar refractivity (Wildman–Crippen MR) is 130 cm³/mol. The van der Waals surface area contributed by atoms with Crippen molar-refractivity contribution >= 4 is 41.2 Å². The Hall–Kier alpha value is -2.82. The number of anilines is 1. The summed E-state index contributed by atoms with van der Waals surface area (Å²) in [4.78, 5) is 22.0. The Labute approximate surface area is 193 Å². The fraction of sp³-hybridized carbons (Fsp3) is 0.200. The van der Waals surface area contributed by atoms with E-state index in [0.717, 1.165) is 11.1 Å². The smallest absolute Gasteiger partial charge is 0.223 e. The molecule has 0 aromatic heterocycles. The first-order valence-electron chi connectivity index (χ1n) is 9.89. The van der Waals surface area contributed by atoms with Crippen LogP contribution < -0.4 is 10.6 Å². The molecule has 0 bridgehead atoms. The second kappa shape index (κ2) is 12.1. The van der Waals surface area contributed by atoms with Gasteiger partial charge in [-0.15, -0.1) is 0 Å². The van der Waals surface area contributed by atoms with Crippen LogP contribution in [0.4, 0.5) is 5.69 Å². The molecule has 3 aromatic carbocycles. The maximum atomic E-state index is 11.4. The third-order valence-electron chi connectivity index (χ3n) is 5.07. The Morgan fingerprint density at radius 2 is 1.58 bits per heavy atom. The number of hydrogen-bond acceptors (Lipinski definition) is 2. The second-order valence-corrected chi connectivity index (χ2v) is 7.94. The number of hydrogen-bond donors (Lipinski definition) is 2. The van der Waals surface area contributed by atoms with Crippen molar-refractivity contribution in [3.63, 3.8) is 0 Å². The summed E-state index contributed by atoms with van der Waals surface area (Å²) < 4.78 is 0. The lowest BCUT2D eigenvalue weighted by atomic mass is 9.88. The summed E-state index contributed by atoms with van der Waals surface area (Å²) in [6.45, 7) is 4.03. The van der Waals surface area contributed by atoms with Crippen LogP contribution in [0.2, 0.25) is 10.0 Å². The molecule has 162 valence electrons. The Bertz CT molecular complexity index is 1010. The number of carbonyl (C=O) groups excluding carboxylic acids is 2. The first-order valence-corrected chi connectivity index (χ1v) is 10.6. The van der Waals surface area contributed by atoms with E-state index in [1.165, 1.54) is 5.56 Å². The van der Waals surface area contributed by atoms with E-state index in [2.05, 4.69) is 29.7 Å². The van der Waals surface area contributed by atoms with Crippen LogP contribution in [0.3, 0.4) is 0 Å². The minimum Gasteiger partial charge on any atom is -0.359 e. The van der Waals surface area contributed by atoms with Crippen molar-refractivity contribution in [1.82, 2.24) is 5.32 Å². The quantitative estimate of drug-likeness (QED) is 0.421. The average Bonchev–Trinajstić information content (AvgIpc) is 2.79. The maximum absolute atomic E-state index is 11.4. The van der Waals surface area contributed by atoms with E-state index >= 15 is 0 Å². The number of carbonyl (C=O) groups is 2. The van der Waals surface area contributed by atoms with E-state index in [9.17, 15) is 9.59 Å². The molecule has 0 spiro atoms. The molecular formula is C25H26Cl2N2O2. The van der Waals surface area contributed by atoms with E-state index in [1.54, 1.807) is 25.2 Å². The molecule has 0 aliphatic heterocycles. The van der Waals surface area contributed by atoms with Gasteiger partial charge in [0.1, 0.15) is 0 Å². The molecule has 0 fully saturated rings. The van der Waals surface area contributed by atoms with Gasteiger partial charge in [-0.25, -0.2) is 0 Å². The van der Waals surface area contributed by atoms with Crippen molar-refractivity contribution in [3.05, 3.63) is 88.4 Å². The number of benzene rings is 3. The molecule has 0 saturated carbocycles. The molecule has 3 aromatic rings. The molecule has 0 saturated heterocycles. The first-order chi connectivity index (χ1) is 14.9. The topological polar surface area (TPSA) is 58.2 Å². The predicted octanol–water partition coefficient (Wildman–Crippen LogP) is 6.40. The summed E-state index contributed by atoms with van der Waals surface area (Å²) >= 11 is 11.8. The highest BCUT2D eigenvalue weighted by Gasteiger charge is 2.19. The van der Waals surface area contributed by atoms with E-state index in [4.69, 9.17) is 23.2 Å². The third kappa shape index (κ3) is 7.12. The molecule has 2 unspecified atom stereocenters. The minimum atomic E-state index is 0.0161. The van der Waals surface area contributed by atoms with Gasteiger partial charge in [-0.1, -0.05) is 85.6 Å². The highest BCUT2D eigenvalue weighted by atomic mass is 35.5. The normalized spacial score (nSPS) is 12.0. The van der Waals surface area contributed by atoms with Gasteiger partial charge >= 0.3 is 0 Å². The molecule has 0 radical (unpaired) electrons. The lowest BCUT2D eigenvalue weighted by molar-refractivity contribution is -0.124. The molecule has 6 heteroatoms. The molecule has 2 atom stereocenters. The van der Waals surface area contributed by atoms with Gasteiger partial charge in [0.2, 0.25) is 12.3 Å². The summed E-state index contributed by atoms with van der Waals surface area (Å²) in [5.74, 6) is 0.375. The van der Waals surface area contributed by atoms with Crippen LogP contribution in [-0.2, 0) is 9.59 Å². The standard InChI is InChI=1S/C13H9Cl2NO.C12H17NO/c14-10-3-1-2-9(6-10)12-5-4-11(15)7-13(12)16-8-17;1-9(10(2)12(14)13-3)11-7-5-4-6-8-11/h1-8H,(H,16,17);4-10H,1-3H3,(H,13,14). The molecule has 4 nitrogen and oxygen atoms in total. The summed E-state index contributed by atoms with van der Waals surface area (Å²) in [6, 6.07) is 22.8. The summed E-state index contributed by atoms with van der Waals surface area (Å²) in [7, 11) is 1.68. The Morgan fingerprint density at radius 3 is 2.19 bits per heavy atom. The van der Waals surface area contributed by atoms with Gasteiger partial charge in [-0.3, -0.25) is 9.59 Å². The summed E-state index contributed by atoms with van der Waals surface area (Å²) in [5, 5.41) is 6.52. The Kier molecular flexibility index (Phi) is 9.57. The van der Waals surface area contributed by atoms with Crippen molar-refractivity contribution < 1.29 is 9.59 Å². The van der Waals surface area contributed by atoms with E-state index in [1.807, 2.05) is 49.4 Å². The van der Waals surface area contributed by atoms with Gasteiger partial charge in [0.15, 0.2) is 0 Å². The SMILES string of the molecule is CNC(=O)C(C)C(C)c1ccccc1.O=CNc1cc(Cl)ccc1-c1cccc(Cl)c1. The van der Waals surface area contributed by atoms with Gasteiger partial charge in [0.05, 0.1) is 0 Å². The average molecular weight is 457 g/mol. The fourth-order valence-corrected chi connectivity index (χ4v) is 3.47. The van der Waals surface area contributed by atoms with Crippen LogP contribution in [0.15, 0.2) is 72.8 Å². The fourth-order valence-electron chi connectivity index (χ4n) is 3.11. The van der Waals surface area contributed by atoms with Gasteiger partial charge in [0, 0.05) is 34.3 Å². The van der Waals surface area contributed by atoms with Gasteiger partial charge < -0.3 is 10.6 Å². The Morgan fingerprint density at radius 1 is 0.903 bits per heavy atom. The lowest BCUT2D eigenvalue weighted by Crippen LogP contribution is -2.28. The number of halogens is 2. The second-order valence-electron chi connectivity index (χ2n) is 7.06. The van der Waals surface area contributed by atoms with Gasteiger partial charge in [-0.05, 0) is 41.3 Å². The van der Waals surface area contributed by atoms with Crippen molar-refractivity contribution in [2.75, 3.05) is 12.4 Å². The van der Waals surface area contributed by atoms with Crippen LogP contribution in [-0.4, -0.2) is 19.4 Å².